The van der Waals surface area contributed by atoms with E-state index in [-0.39, 0.29) is 11.7 Å². The lowest BCUT2D eigenvalue weighted by Crippen LogP contribution is -2.45. The third kappa shape index (κ3) is 5.24. The highest BCUT2D eigenvalue weighted by Gasteiger charge is 2.09. The third-order valence-electron chi connectivity index (χ3n) is 4.22. The van der Waals surface area contributed by atoms with Gasteiger partial charge in [-0.15, -0.1) is 0 Å². The summed E-state index contributed by atoms with van der Waals surface area (Å²) in [6.45, 7) is 3.32. The van der Waals surface area contributed by atoms with Crippen LogP contribution in [0.2, 0.25) is 5.02 Å². The van der Waals surface area contributed by atoms with Crippen LogP contribution in [0.1, 0.15) is 11.1 Å². The van der Waals surface area contributed by atoms with Gasteiger partial charge in [0.05, 0.1) is 0 Å². The number of aryl methyl sites for hydroxylation is 1. The number of hydrogen-bond donors (Lipinski definition) is 3. The summed E-state index contributed by atoms with van der Waals surface area (Å²) in [6.07, 6.45) is 0. The molecule has 0 saturated carbocycles. The Morgan fingerprint density at radius 2 is 1.83 bits per heavy atom. The summed E-state index contributed by atoms with van der Waals surface area (Å²) < 4.78 is 10.7. The number of halogens is 1. The Bertz CT molecular complexity index is 1130. The van der Waals surface area contributed by atoms with Crippen molar-refractivity contribution < 1.29 is 13.9 Å². The molecule has 7 nitrogen and oxygen atoms in total. The van der Waals surface area contributed by atoms with Crippen LogP contribution >= 0.6 is 23.8 Å². The van der Waals surface area contributed by atoms with E-state index < -0.39 is 11.5 Å². The molecule has 0 aliphatic rings. The smallest absolute Gasteiger partial charge is 0.339 e. The van der Waals surface area contributed by atoms with Gasteiger partial charge in [-0.3, -0.25) is 15.6 Å². The number of hydrogen-bond acceptors (Lipinski definition) is 5. The number of nitrogens with one attached hydrogen (secondary N) is 3. The van der Waals surface area contributed by atoms with Crippen molar-refractivity contribution in [2.45, 2.75) is 13.8 Å². The molecule has 0 radical (unpaired) electrons. The Kier molecular flexibility index (Phi) is 6.36. The van der Waals surface area contributed by atoms with Crippen molar-refractivity contribution in [1.82, 2.24) is 10.9 Å². The van der Waals surface area contributed by atoms with Crippen LogP contribution in [0.25, 0.3) is 11.0 Å². The van der Waals surface area contributed by atoms with Crippen molar-refractivity contribution in [2.75, 3.05) is 11.9 Å². The quantitative estimate of drug-likeness (QED) is 0.331. The fraction of sp³-hybridized carbons (Fsp3) is 0.150. The average Bonchev–Trinajstić information content (AvgIpc) is 2.70. The van der Waals surface area contributed by atoms with Crippen LogP contribution in [0, 0.1) is 13.8 Å². The van der Waals surface area contributed by atoms with Crippen molar-refractivity contribution in [3.8, 4) is 5.75 Å². The van der Waals surface area contributed by atoms with E-state index in [2.05, 4.69) is 16.2 Å². The van der Waals surface area contributed by atoms with E-state index in [1.54, 1.807) is 49.4 Å². The Balaban J connectivity index is 1.52. The van der Waals surface area contributed by atoms with Crippen molar-refractivity contribution in [3.63, 3.8) is 0 Å². The molecule has 1 heterocycles. The SMILES string of the molecule is Cc1c(C)c2ccc(OCC(=O)NNC(=S)Nc3ccc(Cl)cc3)cc2oc1=O. The van der Waals surface area contributed by atoms with Crippen LogP contribution in [0.5, 0.6) is 5.75 Å². The highest BCUT2D eigenvalue weighted by atomic mass is 35.5. The number of amides is 1. The highest BCUT2D eigenvalue weighted by Crippen LogP contribution is 2.23. The van der Waals surface area contributed by atoms with Crippen molar-refractivity contribution in [3.05, 3.63) is 69.0 Å². The van der Waals surface area contributed by atoms with Gasteiger partial charge >= 0.3 is 5.63 Å². The monoisotopic (exact) mass is 431 g/mol. The van der Waals surface area contributed by atoms with E-state index in [0.717, 1.165) is 16.6 Å². The summed E-state index contributed by atoms with van der Waals surface area (Å²) in [5, 5.41) is 4.53. The number of rotatable bonds is 4. The van der Waals surface area contributed by atoms with E-state index in [4.69, 9.17) is 33.0 Å². The molecule has 3 aromatic rings. The molecular formula is C20H18ClN3O4S. The minimum absolute atomic E-state index is 0.207. The van der Waals surface area contributed by atoms with E-state index >= 15 is 0 Å². The average molecular weight is 432 g/mol. The predicted molar refractivity (Wildman–Crippen MR) is 116 cm³/mol. The number of carbonyl (C=O) groups is 1. The number of ether oxygens (including phenoxy) is 1. The molecule has 0 aliphatic heterocycles. The second kappa shape index (κ2) is 8.93. The number of fused-ring (bicyclic) bond motifs is 1. The zero-order chi connectivity index (χ0) is 21.0. The molecule has 0 spiro atoms. The molecule has 0 aliphatic carbocycles. The maximum absolute atomic E-state index is 12.0. The largest absolute Gasteiger partial charge is 0.484 e. The Morgan fingerprint density at radius 3 is 2.55 bits per heavy atom. The topological polar surface area (TPSA) is 92.6 Å². The number of thiocarbonyl (C=S) groups is 1. The minimum Gasteiger partial charge on any atom is -0.484 e. The van der Waals surface area contributed by atoms with Gasteiger partial charge in [0.25, 0.3) is 5.91 Å². The molecule has 9 heteroatoms. The number of carbonyl (C=O) groups excluding carboxylic acids is 1. The normalized spacial score (nSPS) is 10.4. The first kappa shape index (κ1) is 20.6. The molecule has 150 valence electrons. The van der Waals surface area contributed by atoms with E-state index in [0.29, 0.717) is 21.9 Å². The molecule has 3 rings (SSSR count). The number of anilines is 1. The van der Waals surface area contributed by atoms with E-state index in [1.807, 2.05) is 6.92 Å². The van der Waals surface area contributed by atoms with Gasteiger partial charge in [0.1, 0.15) is 11.3 Å². The van der Waals surface area contributed by atoms with Gasteiger partial charge < -0.3 is 14.5 Å². The Labute approximate surface area is 177 Å². The zero-order valence-electron chi connectivity index (χ0n) is 15.7. The highest BCUT2D eigenvalue weighted by molar-refractivity contribution is 7.80. The fourth-order valence-electron chi connectivity index (χ4n) is 2.53. The second-order valence-electron chi connectivity index (χ2n) is 6.22. The molecule has 0 fully saturated rings. The minimum atomic E-state index is -0.438. The number of benzene rings is 2. The summed E-state index contributed by atoms with van der Waals surface area (Å²) in [5.74, 6) is -0.0344. The van der Waals surface area contributed by atoms with Gasteiger partial charge in [0.15, 0.2) is 11.7 Å². The molecule has 3 N–H and O–H groups in total. The van der Waals surface area contributed by atoms with Gasteiger partial charge in [0, 0.05) is 27.7 Å². The molecule has 0 unspecified atom stereocenters. The molecule has 0 bridgehead atoms. The molecule has 2 aromatic carbocycles. The van der Waals surface area contributed by atoms with Gasteiger partial charge in [-0.05, 0) is 68.0 Å². The Hall–Kier alpha value is -3.10. The third-order valence-corrected chi connectivity index (χ3v) is 4.67. The van der Waals surface area contributed by atoms with Crippen molar-refractivity contribution in [2.24, 2.45) is 0 Å². The number of hydrazine groups is 1. The van der Waals surface area contributed by atoms with Crippen LogP contribution < -0.4 is 26.5 Å². The van der Waals surface area contributed by atoms with Gasteiger partial charge in [-0.1, -0.05) is 11.6 Å². The second-order valence-corrected chi connectivity index (χ2v) is 7.07. The Morgan fingerprint density at radius 1 is 1.10 bits per heavy atom. The summed E-state index contributed by atoms with van der Waals surface area (Å²) in [7, 11) is 0. The van der Waals surface area contributed by atoms with Crippen LogP contribution in [-0.4, -0.2) is 17.6 Å². The summed E-state index contributed by atoms with van der Waals surface area (Å²) in [5.41, 5.74) is 7.17. The lowest BCUT2D eigenvalue weighted by Gasteiger charge is -2.12. The predicted octanol–water partition coefficient (Wildman–Crippen LogP) is 3.46. The first-order valence-corrected chi connectivity index (χ1v) is 9.40. The van der Waals surface area contributed by atoms with E-state index in [1.165, 1.54) is 0 Å². The molecule has 1 amide bonds. The van der Waals surface area contributed by atoms with Gasteiger partial charge in [-0.2, -0.15) is 0 Å². The van der Waals surface area contributed by atoms with Gasteiger partial charge in [-0.25, -0.2) is 4.79 Å². The summed E-state index contributed by atoms with van der Waals surface area (Å²) in [4.78, 5) is 23.8. The molecular weight excluding hydrogens is 414 g/mol. The molecule has 29 heavy (non-hydrogen) atoms. The van der Waals surface area contributed by atoms with Crippen LogP contribution in [0.3, 0.4) is 0 Å². The summed E-state index contributed by atoms with van der Waals surface area (Å²) in [6, 6.07) is 12.0. The first-order chi connectivity index (χ1) is 13.8. The van der Waals surface area contributed by atoms with Crippen LogP contribution in [0.15, 0.2) is 51.7 Å². The van der Waals surface area contributed by atoms with Crippen molar-refractivity contribution >= 4 is 51.5 Å². The standard InChI is InChI=1S/C20H18ClN3O4S/c1-11-12(2)19(26)28-17-9-15(7-8-16(11)17)27-10-18(25)23-24-20(29)22-14-5-3-13(21)4-6-14/h3-9H,10H2,1-2H3,(H,23,25)(H2,22,24,29). The maximum Gasteiger partial charge on any atom is 0.339 e. The maximum atomic E-state index is 12.0. The molecule has 0 saturated heterocycles. The fourth-order valence-corrected chi connectivity index (χ4v) is 2.82. The molecule has 1 aromatic heterocycles. The molecule has 0 atom stereocenters. The van der Waals surface area contributed by atoms with E-state index in [9.17, 15) is 9.59 Å². The lowest BCUT2D eigenvalue weighted by molar-refractivity contribution is -0.123. The lowest BCUT2D eigenvalue weighted by atomic mass is 10.1. The van der Waals surface area contributed by atoms with Crippen molar-refractivity contribution in [1.29, 1.82) is 0 Å². The zero-order valence-corrected chi connectivity index (χ0v) is 17.2. The summed E-state index contributed by atoms with van der Waals surface area (Å²) >= 11 is 10.9. The van der Waals surface area contributed by atoms with Gasteiger partial charge in [0.2, 0.25) is 0 Å². The first-order valence-electron chi connectivity index (χ1n) is 8.62. The van der Waals surface area contributed by atoms with Crippen LogP contribution in [-0.2, 0) is 4.79 Å². The van der Waals surface area contributed by atoms with Crippen LogP contribution in [0.4, 0.5) is 5.69 Å².